The summed E-state index contributed by atoms with van der Waals surface area (Å²) in [6.07, 6.45) is 2.41. The van der Waals surface area contributed by atoms with E-state index in [0.29, 0.717) is 0 Å². The zero-order valence-corrected chi connectivity index (χ0v) is 4.24. The molecule has 0 atom stereocenters. The lowest BCUT2D eigenvalue weighted by Gasteiger charge is -1.90. The minimum absolute atomic E-state index is 1.20. The molecule has 0 heterocycles. The maximum absolute atomic E-state index is 7.99. The number of nitrogens with zero attached hydrogens (tertiary/aromatic N) is 3. The quantitative estimate of drug-likeness (QED) is 0.363. The van der Waals surface area contributed by atoms with Crippen LogP contribution in [0.5, 0.6) is 0 Å². The summed E-state index contributed by atoms with van der Waals surface area (Å²) in [4.78, 5) is 0. The zero-order valence-electron chi connectivity index (χ0n) is 4.24. The first-order chi connectivity index (χ1) is 4.35. The van der Waals surface area contributed by atoms with Gasteiger partial charge in [-0.05, 0) is 0 Å². The summed E-state index contributed by atoms with van der Waals surface area (Å²) < 4.78 is 7.86. The Labute approximate surface area is 51.8 Å². The van der Waals surface area contributed by atoms with Crippen LogP contribution in [-0.4, -0.2) is 7.12 Å². The molecule has 6 heteroatoms. The van der Waals surface area contributed by atoms with E-state index in [1.165, 1.54) is 18.5 Å². The standard InChI is InChI=1S/C3BN3O2/c5-1-4(8-2-6)9-3-7. The molecule has 0 fully saturated rings. The van der Waals surface area contributed by atoms with Crippen LogP contribution in [0.15, 0.2) is 0 Å². The summed E-state index contributed by atoms with van der Waals surface area (Å²) in [7, 11) is -1.40. The molecule has 0 aromatic heterocycles. The second-order valence-corrected chi connectivity index (χ2v) is 0.879. The fourth-order valence-corrected chi connectivity index (χ4v) is 0.172. The third-order valence-corrected chi connectivity index (χ3v) is 0.425. The van der Waals surface area contributed by atoms with Gasteiger partial charge in [-0.1, -0.05) is 0 Å². The minimum Gasteiger partial charge on any atom is -0.444 e. The monoisotopic (exact) mass is 121 g/mol. The summed E-state index contributed by atoms with van der Waals surface area (Å²) in [5.74, 6) is 1.41. The predicted octanol–water partition coefficient (Wildman–Crippen LogP) is -0.467. The molecule has 0 aliphatic rings. The van der Waals surface area contributed by atoms with Gasteiger partial charge >= 0.3 is 7.12 Å². The molecule has 0 N–H and O–H groups in total. The summed E-state index contributed by atoms with van der Waals surface area (Å²) in [5, 5.41) is 23.5. The van der Waals surface area contributed by atoms with E-state index in [-0.39, 0.29) is 0 Å². The maximum Gasteiger partial charge on any atom is 0.738 e. The fourth-order valence-electron chi connectivity index (χ4n) is 0.172. The van der Waals surface area contributed by atoms with Gasteiger partial charge in [0.15, 0.2) is 0 Å². The van der Waals surface area contributed by atoms with E-state index in [9.17, 15) is 0 Å². The molecular formula is C3BN3O2. The molecule has 0 amide bonds. The Morgan fingerprint density at radius 2 is 1.44 bits per heavy atom. The minimum atomic E-state index is -1.40. The molecule has 0 aliphatic carbocycles. The van der Waals surface area contributed by atoms with Crippen molar-refractivity contribution in [3.05, 3.63) is 0 Å². The van der Waals surface area contributed by atoms with Crippen LogP contribution in [0.25, 0.3) is 0 Å². The Bertz CT molecular complexity index is 181. The van der Waals surface area contributed by atoms with E-state index >= 15 is 0 Å². The molecule has 0 saturated heterocycles. The highest BCUT2D eigenvalue weighted by Gasteiger charge is 2.21. The highest BCUT2D eigenvalue weighted by molar-refractivity contribution is 6.54. The molecule has 0 saturated carbocycles. The summed E-state index contributed by atoms with van der Waals surface area (Å²) >= 11 is 0. The molecule has 9 heavy (non-hydrogen) atoms. The van der Waals surface area contributed by atoms with Crippen molar-refractivity contribution in [3.63, 3.8) is 0 Å². The van der Waals surface area contributed by atoms with Gasteiger partial charge < -0.3 is 9.31 Å². The second kappa shape index (κ2) is 4.30. The lowest BCUT2D eigenvalue weighted by Crippen LogP contribution is -2.15. The van der Waals surface area contributed by atoms with Gasteiger partial charge in [0.1, 0.15) is 5.97 Å². The van der Waals surface area contributed by atoms with Crippen molar-refractivity contribution >= 4 is 7.12 Å². The third-order valence-electron chi connectivity index (χ3n) is 0.425. The molecule has 0 aromatic carbocycles. The lowest BCUT2D eigenvalue weighted by atomic mass is 9.95. The van der Waals surface area contributed by atoms with Gasteiger partial charge in [0.05, 0.1) is 0 Å². The Hall–Kier alpha value is -1.87. The lowest BCUT2D eigenvalue weighted by molar-refractivity contribution is 0.384. The van der Waals surface area contributed by atoms with Crippen molar-refractivity contribution in [3.8, 4) is 18.5 Å². The molecule has 0 aliphatic heterocycles. The third kappa shape index (κ3) is 2.79. The van der Waals surface area contributed by atoms with Crippen LogP contribution in [0, 0.1) is 34.3 Å². The number of hydrogen-bond donors (Lipinski definition) is 0. The van der Waals surface area contributed by atoms with Crippen molar-refractivity contribution in [2.75, 3.05) is 0 Å². The van der Waals surface area contributed by atoms with Crippen molar-refractivity contribution < 1.29 is 9.31 Å². The van der Waals surface area contributed by atoms with Gasteiger partial charge in [-0.2, -0.15) is 10.5 Å². The van der Waals surface area contributed by atoms with Crippen molar-refractivity contribution in [2.24, 2.45) is 0 Å². The van der Waals surface area contributed by atoms with E-state index < -0.39 is 7.12 Å². The van der Waals surface area contributed by atoms with Gasteiger partial charge in [-0.3, -0.25) is 0 Å². The van der Waals surface area contributed by atoms with Gasteiger partial charge in [-0.15, -0.1) is 0 Å². The first-order valence-electron chi connectivity index (χ1n) is 1.84. The first kappa shape index (κ1) is 7.13. The molecule has 5 nitrogen and oxygen atoms in total. The number of nitriles is 3. The van der Waals surface area contributed by atoms with E-state index in [4.69, 9.17) is 15.8 Å². The van der Waals surface area contributed by atoms with E-state index in [1.807, 2.05) is 0 Å². The zero-order chi connectivity index (χ0) is 7.11. The topological polar surface area (TPSA) is 89.8 Å². The molecular weight excluding hydrogens is 121 g/mol. The highest BCUT2D eigenvalue weighted by atomic mass is 16.6. The predicted molar refractivity (Wildman–Crippen MR) is 24.8 cm³/mol. The van der Waals surface area contributed by atoms with Gasteiger partial charge in [0.2, 0.25) is 0 Å². The fraction of sp³-hybridized carbons (Fsp3) is 0. The SMILES string of the molecule is N#COB(C#N)OC#N. The van der Waals surface area contributed by atoms with Gasteiger partial charge in [-0.25, -0.2) is 5.26 Å². The maximum atomic E-state index is 7.99. The molecule has 0 bridgehead atoms. The van der Waals surface area contributed by atoms with Crippen LogP contribution < -0.4 is 0 Å². The first-order valence-corrected chi connectivity index (χ1v) is 1.84. The van der Waals surface area contributed by atoms with Crippen LogP contribution >= 0.6 is 0 Å². The molecule has 0 unspecified atom stereocenters. The van der Waals surface area contributed by atoms with Crippen molar-refractivity contribution in [1.82, 2.24) is 0 Å². The molecule has 0 spiro atoms. The van der Waals surface area contributed by atoms with Crippen LogP contribution in [0.3, 0.4) is 0 Å². The smallest absolute Gasteiger partial charge is 0.444 e. The van der Waals surface area contributed by atoms with Crippen molar-refractivity contribution in [2.45, 2.75) is 0 Å². The van der Waals surface area contributed by atoms with Crippen LogP contribution in [0.2, 0.25) is 0 Å². The normalized spacial score (nSPS) is 5.44. The number of rotatable bonds is 2. The van der Waals surface area contributed by atoms with Crippen molar-refractivity contribution in [1.29, 1.82) is 15.8 Å². The van der Waals surface area contributed by atoms with Crippen LogP contribution in [-0.2, 0) is 9.31 Å². The Kier molecular flexibility index (Phi) is 3.41. The van der Waals surface area contributed by atoms with Crippen LogP contribution in [0.4, 0.5) is 0 Å². The summed E-state index contributed by atoms with van der Waals surface area (Å²) in [6, 6.07) is 0. The molecule has 0 aromatic rings. The van der Waals surface area contributed by atoms with Gasteiger partial charge in [0, 0.05) is 0 Å². The Morgan fingerprint density at radius 3 is 1.67 bits per heavy atom. The van der Waals surface area contributed by atoms with E-state index in [1.54, 1.807) is 0 Å². The van der Waals surface area contributed by atoms with Crippen LogP contribution in [0.1, 0.15) is 0 Å². The van der Waals surface area contributed by atoms with E-state index in [0.717, 1.165) is 0 Å². The van der Waals surface area contributed by atoms with Gasteiger partial charge in [0.25, 0.3) is 12.5 Å². The Morgan fingerprint density at radius 1 is 1.00 bits per heavy atom. The largest absolute Gasteiger partial charge is 0.738 e. The molecule has 0 rings (SSSR count). The Balaban J connectivity index is 3.65. The summed E-state index contributed by atoms with van der Waals surface area (Å²) in [5.41, 5.74) is 0. The summed E-state index contributed by atoms with van der Waals surface area (Å²) in [6.45, 7) is 0. The second-order valence-electron chi connectivity index (χ2n) is 0.879. The average molecular weight is 121 g/mol. The molecule has 42 valence electrons. The number of hydrogen-bond acceptors (Lipinski definition) is 5. The average Bonchev–Trinajstić information content (AvgIpc) is 1.88. The molecule has 0 radical (unpaired) electrons. The van der Waals surface area contributed by atoms with E-state index in [2.05, 4.69) is 9.31 Å². The highest BCUT2D eigenvalue weighted by Crippen LogP contribution is 1.82.